The molecular formula is C4H7P. The summed E-state index contributed by atoms with van der Waals surface area (Å²) in [4.78, 5) is 0. The Kier molecular flexibility index (Phi) is 3.84. The second-order valence-electron chi connectivity index (χ2n) is 0.692. The van der Waals surface area contributed by atoms with E-state index in [1.807, 2.05) is 19.1 Å². The third-order valence-corrected chi connectivity index (χ3v) is 0.481. The van der Waals surface area contributed by atoms with Crippen molar-refractivity contribution in [2.24, 2.45) is 0 Å². The predicted octanol–water partition coefficient (Wildman–Crippen LogP) is 1.51. The van der Waals surface area contributed by atoms with Gasteiger partial charge in [-0.25, -0.2) is 0 Å². The molecule has 0 amide bonds. The van der Waals surface area contributed by atoms with Crippen molar-refractivity contribution in [3.8, 4) is 0 Å². The minimum atomic E-state index is 1.81. The normalized spacial score (nSPS) is 9.00. The highest BCUT2D eigenvalue weighted by molar-refractivity contribution is 7.18. The Labute approximate surface area is 34.7 Å². The molecule has 0 aliphatic heterocycles. The summed E-state index contributed by atoms with van der Waals surface area (Å²) in [7, 11) is 3.14. The van der Waals surface area contributed by atoms with Crippen molar-refractivity contribution in [1.29, 1.82) is 0 Å². The molecule has 0 aliphatic rings. The van der Waals surface area contributed by atoms with Crippen LogP contribution in [0.5, 0.6) is 0 Å². The summed E-state index contributed by atoms with van der Waals surface area (Å²) in [5.74, 6) is 1.81. The van der Waals surface area contributed by atoms with Crippen LogP contribution in [-0.2, 0) is 0 Å². The van der Waals surface area contributed by atoms with Gasteiger partial charge in [0, 0.05) is 0 Å². The molecule has 0 saturated heterocycles. The first-order valence-corrected chi connectivity index (χ1v) is 2.11. The summed E-state index contributed by atoms with van der Waals surface area (Å²) in [6.45, 7) is 1.97. The Morgan fingerprint density at radius 2 is 2.20 bits per heavy atom. The van der Waals surface area contributed by atoms with Gasteiger partial charge in [0.05, 0.1) is 0 Å². The number of allylic oxidation sites excluding steroid dienone is 2. The minimum absolute atomic E-state index is 1.81. The van der Waals surface area contributed by atoms with Gasteiger partial charge < -0.3 is 0 Å². The first-order valence-electron chi connectivity index (χ1n) is 1.53. The van der Waals surface area contributed by atoms with Gasteiger partial charge >= 0.3 is 0 Å². The molecule has 0 spiro atoms. The third-order valence-electron chi connectivity index (χ3n) is 0.289. The van der Waals surface area contributed by atoms with E-state index >= 15 is 0 Å². The molecule has 0 radical (unpaired) electrons. The molecule has 0 heterocycles. The Morgan fingerprint density at radius 3 is 2.20 bits per heavy atom. The smallest absolute Gasteiger partial charge is 0.0423 e. The fourth-order valence-corrected chi connectivity index (χ4v) is 0.289. The molecular weight excluding hydrogens is 79.0 g/mol. The van der Waals surface area contributed by atoms with E-state index in [4.69, 9.17) is 0 Å². The first kappa shape index (κ1) is 4.91. The molecule has 0 aromatic heterocycles. The highest BCUT2D eigenvalue weighted by Crippen LogP contribution is 1.62. The Morgan fingerprint density at radius 1 is 1.60 bits per heavy atom. The predicted molar refractivity (Wildman–Crippen MR) is 29.2 cm³/mol. The molecule has 0 unspecified atom stereocenters. The third kappa shape index (κ3) is 3.91. The zero-order valence-corrected chi connectivity index (χ0v) is 4.23. The zero-order chi connectivity index (χ0) is 4.12. The van der Waals surface area contributed by atoms with E-state index in [0.29, 0.717) is 0 Å². The van der Waals surface area contributed by atoms with Gasteiger partial charge in [-0.3, -0.25) is 0 Å². The molecule has 1 heteroatoms. The molecule has 0 atom stereocenters. The molecule has 0 rings (SSSR count). The van der Waals surface area contributed by atoms with Crippen molar-refractivity contribution in [1.82, 2.24) is 0 Å². The fraction of sp³-hybridized carbons (Fsp3) is 0.250. The summed E-state index contributed by atoms with van der Waals surface area (Å²) in [6.07, 6.45) is 3.86. The Balaban J connectivity index is 2.92. The van der Waals surface area contributed by atoms with E-state index in [1.165, 1.54) is 0 Å². The summed E-state index contributed by atoms with van der Waals surface area (Å²) >= 11 is 0. The van der Waals surface area contributed by atoms with Crippen molar-refractivity contribution in [2.75, 3.05) is 0 Å². The second kappa shape index (κ2) is 3.91. The van der Waals surface area contributed by atoms with Crippen molar-refractivity contribution in [3.05, 3.63) is 12.2 Å². The van der Waals surface area contributed by atoms with E-state index in [-0.39, 0.29) is 0 Å². The van der Waals surface area contributed by atoms with Crippen molar-refractivity contribution < 1.29 is 0 Å². The summed E-state index contributed by atoms with van der Waals surface area (Å²) in [6, 6.07) is 0. The quantitative estimate of drug-likeness (QED) is 0.424. The van der Waals surface area contributed by atoms with Crippen LogP contribution in [0.15, 0.2) is 12.2 Å². The van der Waals surface area contributed by atoms with Crippen molar-refractivity contribution >= 4 is 14.7 Å². The second-order valence-corrected chi connectivity index (χ2v) is 1.03. The van der Waals surface area contributed by atoms with Crippen LogP contribution in [0, 0.1) is 0 Å². The zero-order valence-electron chi connectivity index (χ0n) is 3.23. The molecule has 0 bridgehead atoms. The van der Waals surface area contributed by atoms with Crippen molar-refractivity contribution in [2.45, 2.75) is 6.92 Å². The average Bonchev–Trinajstić information content (AvgIpc) is 1.41. The maximum atomic E-state index is 3.14. The van der Waals surface area contributed by atoms with Crippen LogP contribution < -0.4 is 0 Å². The summed E-state index contributed by atoms with van der Waals surface area (Å²) < 4.78 is 0. The molecule has 0 N–H and O–H groups in total. The van der Waals surface area contributed by atoms with Gasteiger partial charge in [0.25, 0.3) is 0 Å². The van der Waals surface area contributed by atoms with Crippen LogP contribution in [0.3, 0.4) is 0 Å². The van der Waals surface area contributed by atoms with E-state index in [9.17, 15) is 0 Å². The fourth-order valence-electron chi connectivity index (χ4n) is 0.0962. The molecule has 0 nitrogen and oxygen atoms in total. The van der Waals surface area contributed by atoms with Crippen LogP contribution in [0.4, 0.5) is 0 Å². The lowest BCUT2D eigenvalue weighted by Crippen LogP contribution is -1.43. The van der Waals surface area contributed by atoms with E-state index in [0.717, 1.165) is 0 Å². The van der Waals surface area contributed by atoms with Crippen LogP contribution in [0.1, 0.15) is 6.92 Å². The average molecular weight is 86.1 g/mol. The van der Waals surface area contributed by atoms with Gasteiger partial charge in [0.15, 0.2) is 0 Å². The van der Waals surface area contributed by atoms with Crippen LogP contribution >= 0.6 is 8.86 Å². The van der Waals surface area contributed by atoms with Gasteiger partial charge in [-0.05, 0) is 12.7 Å². The molecule has 0 aromatic carbocycles. The van der Waals surface area contributed by atoms with Gasteiger partial charge in [0.1, 0.15) is 0 Å². The van der Waals surface area contributed by atoms with Crippen LogP contribution in [0.2, 0.25) is 0 Å². The van der Waals surface area contributed by atoms with Crippen LogP contribution in [0.25, 0.3) is 0 Å². The van der Waals surface area contributed by atoms with Gasteiger partial charge in [-0.2, -0.15) is 0 Å². The maximum absolute atomic E-state index is 3.14. The van der Waals surface area contributed by atoms with Gasteiger partial charge in [-0.15, -0.1) is 8.86 Å². The summed E-state index contributed by atoms with van der Waals surface area (Å²) in [5, 5.41) is 0. The lowest BCUT2D eigenvalue weighted by molar-refractivity contribution is 1.78. The number of rotatable bonds is 1. The number of hydrogen-bond donors (Lipinski definition) is 0. The molecule has 0 fully saturated rings. The topological polar surface area (TPSA) is 0 Å². The van der Waals surface area contributed by atoms with Gasteiger partial charge in [0.2, 0.25) is 0 Å². The number of hydrogen-bond acceptors (Lipinski definition) is 0. The largest absolute Gasteiger partial charge is 0.122 e. The Hall–Kier alpha value is -0.0900. The molecule has 0 saturated carbocycles. The Bertz CT molecular complexity index is 45.6. The molecule has 28 valence electrons. The highest BCUT2D eigenvalue weighted by Gasteiger charge is 1.42. The lowest BCUT2D eigenvalue weighted by Gasteiger charge is -1.55. The molecule has 5 heavy (non-hydrogen) atoms. The first-order chi connectivity index (χ1) is 2.41. The summed E-state index contributed by atoms with van der Waals surface area (Å²) in [5.41, 5.74) is 0. The van der Waals surface area contributed by atoms with Crippen LogP contribution in [-0.4, -0.2) is 5.80 Å². The maximum Gasteiger partial charge on any atom is -0.0423 e. The SMILES string of the molecule is C/C=C\C=P. The standard InChI is InChI=1S/C4H7P/c1-2-3-4-5/h2-5H,1H3/b3-2-. The molecule has 0 aliphatic carbocycles. The minimum Gasteiger partial charge on any atom is -0.122 e. The van der Waals surface area contributed by atoms with Crippen molar-refractivity contribution in [3.63, 3.8) is 0 Å². The van der Waals surface area contributed by atoms with E-state index < -0.39 is 0 Å². The molecule has 0 aromatic rings. The van der Waals surface area contributed by atoms with E-state index in [1.54, 1.807) is 5.80 Å². The van der Waals surface area contributed by atoms with Gasteiger partial charge in [-0.1, -0.05) is 12.2 Å². The van der Waals surface area contributed by atoms with E-state index in [2.05, 4.69) is 8.86 Å². The monoisotopic (exact) mass is 86.0 g/mol. The highest BCUT2D eigenvalue weighted by atomic mass is 31.0. The lowest BCUT2D eigenvalue weighted by atomic mass is 10.6.